The summed E-state index contributed by atoms with van der Waals surface area (Å²) in [6, 6.07) is 2.87. The van der Waals surface area contributed by atoms with E-state index < -0.39 is 11.8 Å². The molecule has 2 rings (SSSR count). The van der Waals surface area contributed by atoms with Crippen molar-refractivity contribution < 1.29 is 19.0 Å². The zero-order valence-corrected chi connectivity index (χ0v) is 12.8. The van der Waals surface area contributed by atoms with Gasteiger partial charge in [-0.2, -0.15) is 0 Å². The molecule has 0 saturated heterocycles. The molecular formula is C14H17BrFNO3. The second-order valence-electron chi connectivity index (χ2n) is 5.01. The number of benzene rings is 1. The summed E-state index contributed by atoms with van der Waals surface area (Å²) in [4.78, 5) is 12.6. The topological polar surface area (TPSA) is 49.8 Å². The number of hydrogen-bond acceptors (Lipinski definition) is 3. The first kappa shape index (κ1) is 15.3. The predicted octanol–water partition coefficient (Wildman–Crippen LogP) is 3.15. The SMILES string of the molecule is CN(CCOCC1CC1)c1ccc(C(=O)O)c(Br)c1F. The normalized spacial score (nSPS) is 14.3. The van der Waals surface area contributed by atoms with Crippen molar-refractivity contribution in [1.29, 1.82) is 0 Å². The highest BCUT2D eigenvalue weighted by atomic mass is 79.9. The van der Waals surface area contributed by atoms with Crippen LogP contribution in [0.4, 0.5) is 10.1 Å². The smallest absolute Gasteiger partial charge is 0.336 e. The molecule has 20 heavy (non-hydrogen) atoms. The molecule has 0 spiro atoms. The molecule has 6 heteroatoms. The molecule has 1 aromatic rings. The molecule has 0 aromatic heterocycles. The summed E-state index contributed by atoms with van der Waals surface area (Å²) >= 11 is 3.00. The monoisotopic (exact) mass is 345 g/mol. The largest absolute Gasteiger partial charge is 0.478 e. The van der Waals surface area contributed by atoms with Crippen LogP contribution in [0.5, 0.6) is 0 Å². The molecule has 1 aliphatic rings. The lowest BCUT2D eigenvalue weighted by Gasteiger charge is -2.20. The van der Waals surface area contributed by atoms with Gasteiger partial charge in [0.1, 0.15) is 0 Å². The fourth-order valence-corrected chi connectivity index (χ4v) is 2.36. The second kappa shape index (κ2) is 6.54. The fourth-order valence-electron chi connectivity index (χ4n) is 1.86. The first-order chi connectivity index (χ1) is 9.50. The maximum atomic E-state index is 14.1. The minimum Gasteiger partial charge on any atom is -0.478 e. The Morgan fingerprint density at radius 3 is 2.85 bits per heavy atom. The number of carboxylic acids is 1. The van der Waals surface area contributed by atoms with Gasteiger partial charge in [0, 0.05) is 20.2 Å². The van der Waals surface area contributed by atoms with E-state index in [-0.39, 0.29) is 10.0 Å². The third-order valence-corrected chi connectivity index (χ3v) is 4.10. The molecule has 4 nitrogen and oxygen atoms in total. The van der Waals surface area contributed by atoms with Crippen molar-refractivity contribution in [2.24, 2.45) is 5.92 Å². The fraction of sp³-hybridized carbons (Fsp3) is 0.500. The molecule has 0 unspecified atom stereocenters. The van der Waals surface area contributed by atoms with Crippen LogP contribution >= 0.6 is 15.9 Å². The van der Waals surface area contributed by atoms with Crippen LogP contribution in [0, 0.1) is 11.7 Å². The minimum atomic E-state index is -1.15. The second-order valence-corrected chi connectivity index (χ2v) is 5.80. The molecule has 0 atom stereocenters. The van der Waals surface area contributed by atoms with Gasteiger partial charge in [0.2, 0.25) is 0 Å². The lowest BCUT2D eigenvalue weighted by atomic mass is 10.2. The van der Waals surface area contributed by atoms with Gasteiger partial charge in [-0.3, -0.25) is 0 Å². The summed E-state index contributed by atoms with van der Waals surface area (Å²) in [6.07, 6.45) is 2.49. The van der Waals surface area contributed by atoms with Crippen LogP contribution in [0.25, 0.3) is 0 Å². The first-order valence-electron chi connectivity index (χ1n) is 6.51. The van der Waals surface area contributed by atoms with Crippen molar-refractivity contribution in [3.8, 4) is 0 Å². The number of ether oxygens (including phenoxy) is 1. The maximum Gasteiger partial charge on any atom is 0.336 e. The average molecular weight is 346 g/mol. The van der Waals surface area contributed by atoms with E-state index >= 15 is 0 Å². The molecule has 0 radical (unpaired) electrons. The van der Waals surface area contributed by atoms with Crippen LogP contribution in [-0.2, 0) is 4.74 Å². The standard InChI is InChI=1S/C14H17BrFNO3/c1-17(6-7-20-8-9-2-3-9)11-5-4-10(14(18)19)12(15)13(11)16/h4-5,9H,2-3,6-8H2,1H3,(H,18,19). The molecule has 0 heterocycles. The molecule has 1 aromatic carbocycles. The van der Waals surface area contributed by atoms with Gasteiger partial charge in [-0.25, -0.2) is 9.18 Å². The summed E-state index contributed by atoms with van der Waals surface area (Å²) in [5.74, 6) is -1.01. The lowest BCUT2D eigenvalue weighted by Crippen LogP contribution is -2.24. The Balaban J connectivity index is 1.96. The quantitative estimate of drug-likeness (QED) is 0.771. The molecule has 0 bridgehead atoms. The van der Waals surface area contributed by atoms with Gasteiger partial charge in [0.05, 0.1) is 22.3 Å². The van der Waals surface area contributed by atoms with Crippen molar-refractivity contribution in [3.05, 3.63) is 28.0 Å². The van der Waals surface area contributed by atoms with Crippen molar-refractivity contribution >= 4 is 27.6 Å². The molecule has 1 fully saturated rings. The van der Waals surface area contributed by atoms with Crippen molar-refractivity contribution in [2.75, 3.05) is 31.7 Å². The first-order valence-corrected chi connectivity index (χ1v) is 7.30. The highest BCUT2D eigenvalue weighted by molar-refractivity contribution is 9.10. The number of aromatic carboxylic acids is 1. The number of likely N-dealkylation sites (N-methyl/N-ethyl adjacent to an activating group) is 1. The number of carboxylic acid groups (broad SMARTS) is 1. The van der Waals surface area contributed by atoms with Gasteiger partial charge < -0.3 is 14.7 Å². The Labute approximate surface area is 125 Å². The third kappa shape index (κ3) is 3.70. The Kier molecular flexibility index (Phi) is 4.99. The maximum absolute atomic E-state index is 14.1. The zero-order chi connectivity index (χ0) is 14.7. The number of halogens is 2. The van der Waals surface area contributed by atoms with E-state index in [9.17, 15) is 9.18 Å². The van der Waals surface area contributed by atoms with Crippen LogP contribution in [0.1, 0.15) is 23.2 Å². The Morgan fingerprint density at radius 1 is 1.55 bits per heavy atom. The highest BCUT2D eigenvalue weighted by Crippen LogP contribution is 2.30. The van der Waals surface area contributed by atoms with Gasteiger partial charge in [0.25, 0.3) is 0 Å². The molecule has 0 aliphatic heterocycles. The predicted molar refractivity (Wildman–Crippen MR) is 77.9 cm³/mol. The van der Waals surface area contributed by atoms with E-state index in [1.807, 2.05) is 0 Å². The van der Waals surface area contributed by atoms with Crippen LogP contribution in [0.15, 0.2) is 16.6 Å². The van der Waals surface area contributed by atoms with E-state index in [1.54, 1.807) is 11.9 Å². The molecular weight excluding hydrogens is 329 g/mol. The summed E-state index contributed by atoms with van der Waals surface area (Å²) in [5, 5.41) is 8.92. The van der Waals surface area contributed by atoms with E-state index in [1.165, 1.54) is 25.0 Å². The summed E-state index contributed by atoms with van der Waals surface area (Å²) < 4.78 is 19.6. The summed E-state index contributed by atoms with van der Waals surface area (Å²) in [5.41, 5.74) is 0.279. The Hall–Kier alpha value is -1.14. The lowest BCUT2D eigenvalue weighted by molar-refractivity contribution is 0.0695. The van der Waals surface area contributed by atoms with Crippen LogP contribution in [-0.4, -0.2) is 37.9 Å². The molecule has 110 valence electrons. The molecule has 1 N–H and O–H groups in total. The number of hydrogen-bond donors (Lipinski definition) is 1. The van der Waals surface area contributed by atoms with Crippen LogP contribution in [0.2, 0.25) is 0 Å². The Morgan fingerprint density at radius 2 is 2.25 bits per heavy atom. The van der Waals surface area contributed by atoms with Crippen LogP contribution in [0.3, 0.4) is 0 Å². The number of anilines is 1. The van der Waals surface area contributed by atoms with E-state index in [4.69, 9.17) is 9.84 Å². The van der Waals surface area contributed by atoms with Gasteiger partial charge in [-0.05, 0) is 46.8 Å². The van der Waals surface area contributed by atoms with E-state index in [2.05, 4.69) is 15.9 Å². The molecule has 1 aliphatic carbocycles. The summed E-state index contributed by atoms with van der Waals surface area (Å²) in [6.45, 7) is 1.87. The summed E-state index contributed by atoms with van der Waals surface area (Å²) in [7, 11) is 1.76. The number of carbonyl (C=O) groups is 1. The van der Waals surface area contributed by atoms with Crippen molar-refractivity contribution in [2.45, 2.75) is 12.8 Å². The molecule has 0 amide bonds. The average Bonchev–Trinajstić information content (AvgIpc) is 3.21. The zero-order valence-electron chi connectivity index (χ0n) is 11.2. The van der Waals surface area contributed by atoms with Gasteiger partial charge in [-0.1, -0.05) is 0 Å². The van der Waals surface area contributed by atoms with Gasteiger partial charge in [0.15, 0.2) is 5.82 Å². The third-order valence-electron chi connectivity index (χ3n) is 3.33. The van der Waals surface area contributed by atoms with E-state index in [0.717, 1.165) is 6.61 Å². The number of rotatable bonds is 7. The minimum absolute atomic E-state index is 0.0201. The van der Waals surface area contributed by atoms with Crippen molar-refractivity contribution in [3.63, 3.8) is 0 Å². The van der Waals surface area contributed by atoms with E-state index in [0.29, 0.717) is 24.8 Å². The van der Waals surface area contributed by atoms with Crippen LogP contribution < -0.4 is 4.90 Å². The van der Waals surface area contributed by atoms with Gasteiger partial charge in [-0.15, -0.1) is 0 Å². The van der Waals surface area contributed by atoms with Crippen molar-refractivity contribution in [1.82, 2.24) is 0 Å². The molecule has 1 saturated carbocycles. The number of nitrogens with zero attached hydrogens (tertiary/aromatic N) is 1. The Bertz CT molecular complexity index is 505. The van der Waals surface area contributed by atoms with Gasteiger partial charge >= 0.3 is 5.97 Å². The highest BCUT2D eigenvalue weighted by Gasteiger charge is 2.21.